The molecule has 3 rings (SSSR count). The van der Waals surface area contributed by atoms with Gasteiger partial charge in [-0.3, -0.25) is 4.79 Å². The van der Waals surface area contributed by atoms with E-state index in [1.54, 1.807) is 12.1 Å². The average molecular weight is 295 g/mol. The van der Waals surface area contributed by atoms with Crippen molar-refractivity contribution in [1.82, 2.24) is 5.32 Å². The van der Waals surface area contributed by atoms with E-state index >= 15 is 0 Å². The molecule has 0 spiro atoms. The van der Waals surface area contributed by atoms with Gasteiger partial charge in [0.15, 0.2) is 5.78 Å². The molecule has 1 aliphatic rings. The maximum Gasteiger partial charge on any atom is 0.191 e. The zero-order valence-electron chi connectivity index (χ0n) is 13.5. The fourth-order valence-corrected chi connectivity index (χ4v) is 3.09. The summed E-state index contributed by atoms with van der Waals surface area (Å²) in [6.07, 6.45) is 2.63. The molecule has 1 aromatic carbocycles. The average Bonchev–Trinajstić information content (AvgIpc) is 2.76. The van der Waals surface area contributed by atoms with Gasteiger partial charge >= 0.3 is 0 Å². The molecule has 2 aromatic rings. The Morgan fingerprint density at radius 2 is 2.00 bits per heavy atom. The minimum atomic E-state index is -0.0676. The van der Waals surface area contributed by atoms with Gasteiger partial charge in [0.1, 0.15) is 11.5 Å². The van der Waals surface area contributed by atoms with Crippen molar-refractivity contribution < 1.29 is 9.21 Å². The third-order valence-electron chi connectivity index (χ3n) is 3.99. The van der Waals surface area contributed by atoms with E-state index in [2.05, 4.69) is 31.3 Å². The summed E-state index contributed by atoms with van der Waals surface area (Å²) in [5, 5.41) is 3.49. The van der Waals surface area contributed by atoms with Gasteiger partial charge in [-0.1, -0.05) is 24.3 Å². The van der Waals surface area contributed by atoms with E-state index in [0.717, 1.165) is 23.4 Å². The third kappa shape index (κ3) is 2.71. The highest BCUT2D eigenvalue weighted by Crippen LogP contribution is 2.30. The number of nitrogens with one attached hydrogen (secondary N) is 1. The zero-order chi connectivity index (χ0) is 15.9. The fraction of sp³-hybridized carbons (Fsp3) is 0.316. The van der Waals surface area contributed by atoms with Crippen molar-refractivity contribution in [3.05, 3.63) is 64.6 Å². The van der Waals surface area contributed by atoms with Gasteiger partial charge in [0.25, 0.3) is 0 Å². The molecular formula is C19H21NO2. The standard InChI is InChI=1S/C19H21NO2/c1-12-9-16(13(2)22-12)18(21)10-17-15-8-6-5-7-14(15)11-19(3,4)20-17/h5-10,20H,11H2,1-4H3/b17-10-. The van der Waals surface area contributed by atoms with Crippen molar-refractivity contribution in [2.45, 2.75) is 39.7 Å². The van der Waals surface area contributed by atoms with Gasteiger partial charge in [-0.15, -0.1) is 0 Å². The quantitative estimate of drug-likeness (QED) is 0.671. The van der Waals surface area contributed by atoms with Gasteiger partial charge in [0.2, 0.25) is 0 Å². The predicted molar refractivity (Wildman–Crippen MR) is 87.9 cm³/mol. The second-order valence-electron chi connectivity index (χ2n) is 6.59. The van der Waals surface area contributed by atoms with Crippen LogP contribution in [0.3, 0.4) is 0 Å². The van der Waals surface area contributed by atoms with E-state index in [4.69, 9.17) is 4.42 Å². The summed E-state index contributed by atoms with van der Waals surface area (Å²) in [6, 6.07) is 10.0. The first-order valence-electron chi connectivity index (χ1n) is 7.55. The van der Waals surface area contributed by atoms with E-state index in [-0.39, 0.29) is 11.3 Å². The van der Waals surface area contributed by atoms with E-state index in [1.165, 1.54) is 5.56 Å². The van der Waals surface area contributed by atoms with Gasteiger partial charge in [-0.05, 0) is 45.7 Å². The maximum absolute atomic E-state index is 12.6. The predicted octanol–water partition coefficient (Wildman–Crippen LogP) is 4.04. The molecule has 114 valence electrons. The third-order valence-corrected chi connectivity index (χ3v) is 3.99. The number of furan rings is 1. The Hall–Kier alpha value is -2.29. The highest BCUT2D eigenvalue weighted by atomic mass is 16.3. The minimum Gasteiger partial charge on any atom is -0.466 e. The highest BCUT2D eigenvalue weighted by molar-refractivity contribution is 6.09. The van der Waals surface area contributed by atoms with Crippen LogP contribution in [0.15, 0.2) is 40.8 Å². The number of hydrogen-bond acceptors (Lipinski definition) is 3. The van der Waals surface area contributed by atoms with Gasteiger partial charge in [-0.25, -0.2) is 0 Å². The first-order chi connectivity index (χ1) is 10.4. The van der Waals surface area contributed by atoms with Crippen molar-refractivity contribution in [1.29, 1.82) is 0 Å². The van der Waals surface area contributed by atoms with Crippen LogP contribution in [0.1, 0.15) is 46.9 Å². The Morgan fingerprint density at radius 3 is 2.68 bits per heavy atom. The highest BCUT2D eigenvalue weighted by Gasteiger charge is 2.27. The molecule has 0 fully saturated rings. The lowest BCUT2D eigenvalue weighted by molar-refractivity contribution is 0.104. The number of carbonyl (C=O) groups excluding carboxylic acids is 1. The molecular weight excluding hydrogens is 274 g/mol. The van der Waals surface area contributed by atoms with E-state index in [1.807, 2.05) is 26.0 Å². The van der Waals surface area contributed by atoms with Crippen LogP contribution in [-0.2, 0) is 6.42 Å². The summed E-state index contributed by atoms with van der Waals surface area (Å²) in [4.78, 5) is 12.6. The molecule has 1 N–H and O–H groups in total. The van der Waals surface area contributed by atoms with Crippen LogP contribution in [0.2, 0.25) is 0 Å². The molecule has 0 aliphatic carbocycles. The lowest BCUT2D eigenvalue weighted by atomic mass is 9.85. The molecule has 2 heterocycles. The molecule has 0 amide bonds. The molecule has 1 aromatic heterocycles. The number of rotatable bonds is 2. The van der Waals surface area contributed by atoms with Crippen LogP contribution >= 0.6 is 0 Å². The Kier molecular flexibility index (Phi) is 3.44. The Bertz CT molecular complexity index is 765. The molecule has 22 heavy (non-hydrogen) atoms. The van der Waals surface area contributed by atoms with Crippen molar-refractivity contribution in [3.63, 3.8) is 0 Å². The van der Waals surface area contributed by atoms with E-state index in [9.17, 15) is 4.79 Å². The van der Waals surface area contributed by atoms with Crippen molar-refractivity contribution >= 4 is 11.5 Å². The second kappa shape index (κ2) is 5.16. The maximum atomic E-state index is 12.6. The summed E-state index contributed by atoms with van der Waals surface area (Å²) in [6.45, 7) is 7.97. The van der Waals surface area contributed by atoms with Crippen LogP contribution < -0.4 is 5.32 Å². The van der Waals surface area contributed by atoms with E-state index in [0.29, 0.717) is 11.3 Å². The topological polar surface area (TPSA) is 42.2 Å². The lowest BCUT2D eigenvalue weighted by Crippen LogP contribution is -2.43. The summed E-state index contributed by atoms with van der Waals surface area (Å²) in [7, 11) is 0. The fourth-order valence-electron chi connectivity index (χ4n) is 3.09. The number of hydrogen-bond donors (Lipinski definition) is 1. The Balaban J connectivity index is 2.03. The summed E-state index contributed by atoms with van der Waals surface area (Å²) < 4.78 is 5.46. The number of benzene rings is 1. The first kappa shape index (κ1) is 14.6. The number of allylic oxidation sites excluding steroid dienone is 1. The second-order valence-corrected chi connectivity index (χ2v) is 6.59. The molecule has 3 nitrogen and oxygen atoms in total. The lowest BCUT2D eigenvalue weighted by Gasteiger charge is -2.35. The minimum absolute atomic E-state index is 0.0237. The van der Waals surface area contributed by atoms with Gasteiger partial charge in [0, 0.05) is 22.9 Å². The van der Waals surface area contributed by atoms with Gasteiger partial charge < -0.3 is 9.73 Å². The normalized spacial score (nSPS) is 17.9. The van der Waals surface area contributed by atoms with Crippen LogP contribution in [0.4, 0.5) is 0 Å². The zero-order valence-corrected chi connectivity index (χ0v) is 13.5. The summed E-state index contributed by atoms with van der Waals surface area (Å²) >= 11 is 0. The van der Waals surface area contributed by atoms with Crippen LogP contribution in [0.5, 0.6) is 0 Å². The van der Waals surface area contributed by atoms with Crippen molar-refractivity contribution in [3.8, 4) is 0 Å². The Morgan fingerprint density at radius 1 is 1.27 bits per heavy atom. The van der Waals surface area contributed by atoms with Gasteiger partial charge in [0.05, 0.1) is 5.56 Å². The molecule has 0 saturated heterocycles. The molecule has 1 aliphatic heterocycles. The van der Waals surface area contributed by atoms with Gasteiger partial charge in [-0.2, -0.15) is 0 Å². The molecule has 3 heteroatoms. The molecule has 0 radical (unpaired) electrons. The molecule has 0 unspecified atom stereocenters. The monoisotopic (exact) mass is 295 g/mol. The van der Waals surface area contributed by atoms with Crippen molar-refractivity contribution in [2.24, 2.45) is 0 Å². The SMILES string of the molecule is Cc1cc(C(=O)/C=C2\NC(C)(C)Cc3ccccc32)c(C)o1. The summed E-state index contributed by atoms with van der Waals surface area (Å²) in [5.41, 5.74) is 3.82. The number of carbonyl (C=O) groups is 1. The Labute approximate surface area is 131 Å². The van der Waals surface area contributed by atoms with Crippen LogP contribution in [0.25, 0.3) is 5.70 Å². The molecule has 0 saturated carbocycles. The number of fused-ring (bicyclic) bond motifs is 1. The summed E-state index contributed by atoms with van der Waals surface area (Å²) in [5.74, 6) is 1.41. The molecule has 0 bridgehead atoms. The van der Waals surface area contributed by atoms with E-state index < -0.39 is 0 Å². The van der Waals surface area contributed by atoms with Crippen LogP contribution in [-0.4, -0.2) is 11.3 Å². The smallest absolute Gasteiger partial charge is 0.191 e. The largest absolute Gasteiger partial charge is 0.466 e. The van der Waals surface area contributed by atoms with Crippen LogP contribution in [0, 0.1) is 13.8 Å². The number of aryl methyl sites for hydroxylation is 2. The molecule has 0 atom stereocenters. The first-order valence-corrected chi connectivity index (χ1v) is 7.55. The number of ketones is 1. The van der Waals surface area contributed by atoms with Crippen molar-refractivity contribution in [2.75, 3.05) is 0 Å².